The molecule has 1 aliphatic heterocycles. The van der Waals surface area contributed by atoms with Gasteiger partial charge in [-0.25, -0.2) is 4.99 Å². The third kappa shape index (κ3) is 4.60. The fourth-order valence-electron chi connectivity index (χ4n) is 2.46. The number of likely N-dealkylation sites (N-methyl/N-ethyl adjacent to an activating group) is 1. The number of aliphatic imine (C=N–C) groups is 1. The number of nitrogens with zero attached hydrogens (tertiary/aromatic N) is 2. The summed E-state index contributed by atoms with van der Waals surface area (Å²) in [7, 11) is 1.62. The molecule has 2 aromatic carbocycles. The van der Waals surface area contributed by atoms with Gasteiger partial charge in [0.1, 0.15) is 11.5 Å². The molecule has 0 saturated carbocycles. The highest BCUT2D eigenvalue weighted by Crippen LogP contribution is 2.35. The Morgan fingerprint density at radius 1 is 1.22 bits per heavy atom. The Morgan fingerprint density at radius 3 is 2.41 bits per heavy atom. The standard InChI is InChI=1S/C19H16I2N2O3S/c1-3-23-18(25)16(10-11-8-14(20)17(24)15(21)9-11)27-19(23)22-12-4-6-13(26-2)7-5-12/h4-10,24H,3H2,1-2H3/b16-10+,22-19?. The maximum atomic E-state index is 12.8. The van der Waals surface area contributed by atoms with Crippen LogP contribution in [0.2, 0.25) is 0 Å². The van der Waals surface area contributed by atoms with Crippen molar-refractivity contribution in [3.05, 3.63) is 54.0 Å². The number of ether oxygens (including phenoxy) is 1. The number of hydrogen-bond acceptors (Lipinski definition) is 5. The van der Waals surface area contributed by atoms with Gasteiger partial charge in [0.2, 0.25) is 0 Å². The number of amides is 1. The number of rotatable bonds is 4. The van der Waals surface area contributed by atoms with Crippen molar-refractivity contribution in [3.63, 3.8) is 0 Å². The topological polar surface area (TPSA) is 62.1 Å². The second-order valence-electron chi connectivity index (χ2n) is 5.59. The van der Waals surface area contributed by atoms with Crippen molar-refractivity contribution in [3.8, 4) is 11.5 Å². The number of amidine groups is 1. The molecule has 0 radical (unpaired) electrons. The maximum absolute atomic E-state index is 12.8. The lowest BCUT2D eigenvalue weighted by atomic mass is 10.2. The minimum atomic E-state index is -0.0622. The molecule has 0 atom stereocenters. The molecule has 0 unspecified atom stereocenters. The van der Waals surface area contributed by atoms with Gasteiger partial charge in [-0.05, 0) is 112 Å². The average molecular weight is 606 g/mol. The molecule has 1 amide bonds. The van der Waals surface area contributed by atoms with Gasteiger partial charge in [0.15, 0.2) is 5.17 Å². The first-order valence-electron chi connectivity index (χ1n) is 8.05. The zero-order valence-corrected chi connectivity index (χ0v) is 19.7. The summed E-state index contributed by atoms with van der Waals surface area (Å²) in [6.07, 6.45) is 1.84. The van der Waals surface area contributed by atoms with Crippen molar-refractivity contribution >= 4 is 79.8 Å². The van der Waals surface area contributed by atoms with E-state index in [0.29, 0.717) is 16.6 Å². The van der Waals surface area contributed by atoms with Crippen LogP contribution in [-0.2, 0) is 4.79 Å². The van der Waals surface area contributed by atoms with Gasteiger partial charge in [0, 0.05) is 6.54 Å². The largest absolute Gasteiger partial charge is 0.506 e. The van der Waals surface area contributed by atoms with Gasteiger partial charge in [-0.3, -0.25) is 9.69 Å². The number of phenolic OH excluding ortho intramolecular Hbond substituents is 1. The van der Waals surface area contributed by atoms with Crippen molar-refractivity contribution in [2.24, 2.45) is 4.99 Å². The second-order valence-corrected chi connectivity index (χ2v) is 8.92. The summed E-state index contributed by atoms with van der Waals surface area (Å²) in [4.78, 5) is 19.7. The van der Waals surface area contributed by atoms with E-state index in [1.165, 1.54) is 11.8 Å². The summed E-state index contributed by atoms with van der Waals surface area (Å²) in [5.74, 6) is 0.965. The highest BCUT2D eigenvalue weighted by molar-refractivity contribution is 14.1. The fraction of sp³-hybridized carbons (Fsp3) is 0.158. The molecule has 3 rings (SSSR count). The van der Waals surface area contributed by atoms with Crippen LogP contribution in [0.1, 0.15) is 12.5 Å². The monoisotopic (exact) mass is 606 g/mol. The van der Waals surface area contributed by atoms with Crippen molar-refractivity contribution < 1.29 is 14.6 Å². The van der Waals surface area contributed by atoms with E-state index < -0.39 is 0 Å². The van der Waals surface area contributed by atoms with E-state index >= 15 is 0 Å². The first-order valence-corrected chi connectivity index (χ1v) is 11.0. The number of benzene rings is 2. The van der Waals surface area contributed by atoms with E-state index in [1.807, 2.05) is 49.4 Å². The van der Waals surface area contributed by atoms with E-state index in [1.54, 1.807) is 12.0 Å². The van der Waals surface area contributed by atoms with E-state index in [-0.39, 0.29) is 11.7 Å². The van der Waals surface area contributed by atoms with Gasteiger partial charge < -0.3 is 9.84 Å². The Hall–Kier alpha value is -1.27. The molecule has 0 aromatic heterocycles. The lowest BCUT2D eigenvalue weighted by molar-refractivity contribution is -0.122. The van der Waals surface area contributed by atoms with Crippen molar-refractivity contribution in [1.29, 1.82) is 0 Å². The number of methoxy groups -OCH3 is 1. The Balaban J connectivity index is 1.93. The predicted molar refractivity (Wildman–Crippen MR) is 127 cm³/mol. The minimum Gasteiger partial charge on any atom is -0.506 e. The Morgan fingerprint density at radius 2 is 1.85 bits per heavy atom. The number of hydrogen-bond donors (Lipinski definition) is 1. The summed E-state index contributed by atoms with van der Waals surface area (Å²) >= 11 is 5.52. The molecule has 1 saturated heterocycles. The van der Waals surface area contributed by atoms with Crippen molar-refractivity contribution in [1.82, 2.24) is 4.90 Å². The van der Waals surface area contributed by atoms with Crippen LogP contribution in [0.25, 0.3) is 6.08 Å². The summed E-state index contributed by atoms with van der Waals surface area (Å²) < 4.78 is 6.67. The minimum absolute atomic E-state index is 0.0622. The number of halogens is 2. The van der Waals surface area contributed by atoms with Crippen LogP contribution in [0, 0.1) is 7.14 Å². The highest BCUT2D eigenvalue weighted by Gasteiger charge is 2.32. The molecule has 27 heavy (non-hydrogen) atoms. The molecular formula is C19H16I2N2O3S. The first-order chi connectivity index (χ1) is 12.9. The molecule has 140 valence electrons. The zero-order valence-electron chi connectivity index (χ0n) is 14.6. The van der Waals surface area contributed by atoms with E-state index in [0.717, 1.165) is 24.1 Å². The smallest absolute Gasteiger partial charge is 0.266 e. The molecule has 1 fully saturated rings. The predicted octanol–water partition coefficient (Wildman–Crippen LogP) is 5.23. The first kappa shape index (κ1) is 20.5. The van der Waals surface area contributed by atoms with Crippen LogP contribution in [0.5, 0.6) is 11.5 Å². The second kappa shape index (κ2) is 8.82. The van der Waals surface area contributed by atoms with Crippen molar-refractivity contribution in [2.75, 3.05) is 13.7 Å². The Kier molecular flexibility index (Phi) is 6.69. The zero-order chi connectivity index (χ0) is 19.6. The van der Waals surface area contributed by atoms with E-state index in [4.69, 9.17) is 4.74 Å². The number of carbonyl (C=O) groups excluding carboxylic acids is 1. The van der Waals surface area contributed by atoms with Crippen LogP contribution < -0.4 is 4.74 Å². The molecule has 0 spiro atoms. The number of aromatic hydroxyl groups is 1. The molecular weight excluding hydrogens is 590 g/mol. The fourth-order valence-corrected chi connectivity index (χ4v) is 5.34. The summed E-state index contributed by atoms with van der Waals surface area (Å²) in [5, 5.41) is 10.6. The van der Waals surface area contributed by atoms with Crippen LogP contribution in [-0.4, -0.2) is 34.7 Å². The normalized spacial score (nSPS) is 17.2. The van der Waals surface area contributed by atoms with Crippen LogP contribution in [0.4, 0.5) is 5.69 Å². The van der Waals surface area contributed by atoms with Gasteiger partial charge in [-0.1, -0.05) is 0 Å². The number of phenols is 1. The van der Waals surface area contributed by atoms with Gasteiger partial charge in [0.05, 0.1) is 24.8 Å². The molecule has 5 nitrogen and oxygen atoms in total. The Bertz CT molecular complexity index is 919. The molecule has 1 N–H and O–H groups in total. The Labute approximate surface area is 189 Å². The quantitative estimate of drug-likeness (QED) is 0.383. The third-order valence-electron chi connectivity index (χ3n) is 3.84. The highest BCUT2D eigenvalue weighted by atomic mass is 127. The van der Waals surface area contributed by atoms with Crippen LogP contribution in [0.3, 0.4) is 0 Å². The van der Waals surface area contributed by atoms with Gasteiger partial charge in [-0.2, -0.15) is 0 Å². The lowest BCUT2D eigenvalue weighted by Crippen LogP contribution is -2.28. The maximum Gasteiger partial charge on any atom is 0.266 e. The summed E-state index contributed by atoms with van der Waals surface area (Å²) in [5.41, 5.74) is 1.64. The SMILES string of the molecule is CCN1C(=O)/C(=C\c2cc(I)c(O)c(I)c2)SC1=Nc1ccc(OC)cc1. The number of carbonyl (C=O) groups is 1. The molecule has 0 bridgehead atoms. The summed E-state index contributed by atoms with van der Waals surface area (Å²) in [6.45, 7) is 2.47. The van der Waals surface area contributed by atoms with Crippen molar-refractivity contribution in [2.45, 2.75) is 6.92 Å². The van der Waals surface area contributed by atoms with Gasteiger partial charge >= 0.3 is 0 Å². The molecule has 0 aliphatic carbocycles. The molecule has 1 aliphatic rings. The van der Waals surface area contributed by atoms with Gasteiger partial charge in [-0.15, -0.1) is 0 Å². The van der Waals surface area contributed by atoms with E-state index in [9.17, 15) is 9.90 Å². The van der Waals surface area contributed by atoms with Gasteiger partial charge in [0.25, 0.3) is 5.91 Å². The lowest BCUT2D eigenvalue weighted by Gasteiger charge is -2.12. The third-order valence-corrected chi connectivity index (χ3v) is 6.49. The van der Waals surface area contributed by atoms with Crippen LogP contribution >= 0.6 is 56.9 Å². The number of thioether (sulfide) groups is 1. The molecule has 2 aromatic rings. The average Bonchev–Trinajstić information content (AvgIpc) is 2.94. The van der Waals surface area contributed by atoms with Crippen LogP contribution in [0.15, 0.2) is 46.3 Å². The van der Waals surface area contributed by atoms with E-state index in [2.05, 4.69) is 50.2 Å². The summed E-state index contributed by atoms with van der Waals surface area (Å²) in [6, 6.07) is 11.1. The molecule has 8 heteroatoms. The molecule has 1 heterocycles.